The summed E-state index contributed by atoms with van der Waals surface area (Å²) in [6.45, 7) is 0. The third kappa shape index (κ3) is 3.00. The maximum atomic E-state index is 13.7. The molecule has 1 aliphatic rings. The molecule has 0 radical (unpaired) electrons. The predicted octanol–water partition coefficient (Wildman–Crippen LogP) is 3.11. The number of benzene rings is 1. The minimum atomic E-state index is -1.27. The van der Waals surface area contributed by atoms with Gasteiger partial charge in [-0.05, 0) is 31.0 Å². The molecule has 0 aromatic heterocycles. The molecule has 1 amide bonds. The number of hydrogen-bond acceptors (Lipinski definition) is 2. The molecule has 6 heteroatoms. The number of amides is 1. The fourth-order valence-corrected chi connectivity index (χ4v) is 2.86. The third-order valence-electron chi connectivity index (χ3n) is 3.64. The maximum Gasteiger partial charge on any atom is 0.329 e. The molecule has 1 aromatic rings. The first kappa shape index (κ1) is 15.0. The number of nitrogens with one attached hydrogen (secondary N) is 1. The summed E-state index contributed by atoms with van der Waals surface area (Å²) in [5.74, 6) is -2.41. The first-order valence-electron chi connectivity index (χ1n) is 6.45. The fraction of sp³-hybridized carbons (Fsp3) is 0.429. The summed E-state index contributed by atoms with van der Waals surface area (Å²) in [5.41, 5.74) is -1.42. The van der Waals surface area contributed by atoms with E-state index < -0.39 is 23.2 Å². The Kier molecular flexibility index (Phi) is 4.42. The first-order valence-corrected chi connectivity index (χ1v) is 7.25. The second kappa shape index (κ2) is 5.91. The highest BCUT2D eigenvalue weighted by atomic mass is 79.9. The molecule has 0 unspecified atom stereocenters. The monoisotopic (exact) mass is 343 g/mol. The fourth-order valence-electron chi connectivity index (χ4n) is 2.50. The van der Waals surface area contributed by atoms with Crippen molar-refractivity contribution in [3.63, 3.8) is 0 Å². The summed E-state index contributed by atoms with van der Waals surface area (Å²) < 4.78 is 14.2. The molecule has 2 rings (SSSR count). The van der Waals surface area contributed by atoms with Crippen LogP contribution in [0.1, 0.15) is 42.5 Å². The van der Waals surface area contributed by atoms with Crippen LogP contribution in [0.5, 0.6) is 0 Å². The highest BCUT2D eigenvalue weighted by Crippen LogP contribution is 2.29. The normalized spacial score (nSPS) is 17.5. The molecule has 1 aliphatic carbocycles. The Labute approximate surface area is 124 Å². The van der Waals surface area contributed by atoms with Gasteiger partial charge in [0.2, 0.25) is 0 Å². The van der Waals surface area contributed by atoms with Crippen LogP contribution in [0.2, 0.25) is 0 Å². The van der Waals surface area contributed by atoms with E-state index in [1.165, 1.54) is 18.2 Å². The highest BCUT2D eigenvalue weighted by Gasteiger charge is 2.41. The molecular formula is C14H15BrFNO3. The Morgan fingerprint density at radius 1 is 1.25 bits per heavy atom. The summed E-state index contributed by atoms with van der Waals surface area (Å²) in [5, 5.41) is 11.9. The molecule has 0 atom stereocenters. The van der Waals surface area contributed by atoms with E-state index in [0.717, 1.165) is 19.3 Å². The summed E-state index contributed by atoms with van der Waals surface area (Å²) in [6, 6.07) is 4.01. The lowest BCUT2D eigenvalue weighted by Gasteiger charge is -2.34. The molecule has 1 fully saturated rings. The number of carbonyl (C=O) groups excluding carboxylic acids is 1. The van der Waals surface area contributed by atoms with Gasteiger partial charge in [0, 0.05) is 4.47 Å². The van der Waals surface area contributed by atoms with Crippen LogP contribution < -0.4 is 5.32 Å². The molecule has 1 saturated carbocycles. The van der Waals surface area contributed by atoms with Crippen molar-refractivity contribution < 1.29 is 19.1 Å². The standard InChI is InChI=1S/C14H15BrFNO3/c15-9-4-5-11(16)10(8-9)12(18)17-14(13(19)20)6-2-1-3-7-14/h4-5,8H,1-3,6-7H2,(H,17,18)(H,19,20). The van der Waals surface area contributed by atoms with Gasteiger partial charge in [0.25, 0.3) is 5.91 Å². The van der Waals surface area contributed by atoms with Gasteiger partial charge in [0.1, 0.15) is 11.4 Å². The van der Waals surface area contributed by atoms with Crippen LogP contribution in [-0.2, 0) is 4.79 Å². The van der Waals surface area contributed by atoms with Crippen LogP contribution in [0, 0.1) is 5.82 Å². The topological polar surface area (TPSA) is 66.4 Å². The van der Waals surface area contributed by atoms with Crippen molar-refractivity contribution in [2.75, 3.05) is 0 Å². The molecule has 0 aliphatic heterocycles. The van der Waals surface area contributed by atoms with Crippen LogP contribution in [0.25, 0.3) is 0 Å². The minimum absolute atomic E-state index is 0.148. The van der Waals surface area contributed by atoms with Crippen LogP contribution in [0.4, 0.5) is 4.39 Å². The van der Waals surface area contributed by atoms with Crippen LogP contribution in [-0.4, -0.2) is 22.5 Å². The van der Waals surface area contributed by atoms with Gasteiger partial charge < -0.3 is 10.4 Å². The number of aliphatic carboxylic acids is 1. The molecule has 2 N–H and O–H groups in total. The number of rotatable bonds is 3. The van der Waals surface area contributed by atoms with Crippen LogP contribution in [0.15, 0.2) is 22.7 Å². The second-order valence-electron chi connectivity index (χ2n) is 5.03. The molecule has 0 spiro atoms. The predicted molar refractivity (Wildman–Crippen MR) is 75.0 cm³/mol. The molecule has 1 aromatic carbocycles. The van der Waals surface area contributed by atoms with Gasteiger partial charge in [-0.15, -0.1) is 0 Å². The lowest BCUT2D eigenvalue weighted by molar-refractivity contribution is -0.145. The van der Waals surface area contributed by atoms with Crippen molar-refractivity contribution >= 4 is 27.8 Å². The summed E-state index contributed by atoms with van der Waals surface area (Å²) in [6.07, 6.45) is 3.20. The van der Waals surface area contributed by atoms with Crippen molar-refractivity contribution in [1.29, 1.82) is 0 Å². The number of halogens is 2. The molecule has 0 heterocycles. The van der Waals surface area contributed by atoms with Crippen molar-refractivity contribution in [3.05, 3.63) is 34.1 Å². The lowest BCUT2D eigenvalue weighted by atomic mass is 9.81. The van der Waals surface area contributed by atoms with Gasteiger partial charge in [-0.25, -0.2) is 9.18 Å². The van der Waals surface area contributed by atoms with E-state index in [9.17, 15) is 19.1 Å². The number of hydrogen-bond donors (Lipinski definition) is 2. The Hall–Kier alpha value is -1.43. The maximum absolute atomic E-state index is 13.7. The highest BCUT2D eigenvalue weighted by molar-refractivity contribution is 9.10. The van der Waals surface area contributed by atoms with E-state index in [-0.39, 0.29) is 5.56 Å². The zero-order valence-corrected chi connectivity index (χ0v) is 12.4. The minimum Gasteiger partial charge on any atom is -0.480 e. The van der Waals surface area contributed by atoms with Crippen molar-refractivity contribution in [2.45, 2.75) is 37.6 Å². The smallest absolute Gasteiger partial charge is 0.329 e. The molecule has 108 valence electrons. The van der Waals surface area contributed by atoms with E-state index in [1.807, 2.05) is 0 Å². The van der Waals surface area contributed by atoms with Gasteiger partial charge in [-0.1, -0.05) is 35.2 Å². The van der Waals surface area contributed by atoms with E-state index in [0.29, 0.717) is 17.3 Å². The second-order valence-corrected chi connectivity index (χ2v) is 5.94. The Bertz CT molecular complexity index is 541. The average Bonchev–Trinajstić information content (AvgIpc) is 2.42. The molecule has 4 nitrogen and oxygen atoms in total. The van der Waals surface area contributed by atoms with Gasteiger partial charge in [0.05, 0.1) is 5.56 Å². The van der Waals surface area contributed by atoms with Crippen molar-refractivity contribution in [1.82, 2.24) is 5.32 Å². The number of carbonyl (C=O) groups is 2. The molecular weight excluding hydrogens is 329 g/mol. The Morgan fingerprint density at radius 3 is 2.50 bits per heavy atom. The van der Waals surface area contributed by atoms with E-state index in [4.69, 9.17) is 0 Å². The molecule has 0 saturated heterocycles. The van der Waals surface area contributed by atoms with Gasteiger partial charge in [-0.3, -0.25) is 4.79 Å². The van der Waals surface area contributed by atoms with Crippen LogP contribution >= 0.6 is 15.9 Å². The summed E-state index contributed by atoms with van der Waals surface area (Å²) in [4.78, 5) is 23.6. The Morgan fingerprint density at radius 2 is 1.90 bits per heavy atom. The summed E-state index contributed by atoms with van der Waals surface area (Å²) in [7, 11) is 0. The quantitative estimate of drug-likeness (QED) is 0.886. The van der Waals surface area contributed by atoms with E-state index >= 15 is 0 Å². The first-order chi connectivity index (χ1) is 9.44. The van der Waals surface area contributed by atoms with Gasteiger partial charge >= 0.3 is 5.97 Å². The van der Waals surface area contributed by atoms with Gasteiger partial charge in [0.15, 0.2) is 0 Å². The van der Waals surface area contributed by atoms with Crippen molar-refractivity contribution in [3.8, 4) is 0 Å². The van der Waals surface area contributed by atoms with Gasteiger partial charge in [-0.2, -0.15) is 0 Å². The lowest BCUT2D eigenvalue weighted by Crippen LogP contribution is -2.55. The number of carboxylic acid groups (broad SMARTS) is 1. The SMILES string of the molecule is O=C(NC1(C(=O)O)CCCCC1)c1cc(Br)ccc1F. The molecule has 0 bridgehead atoms. The Balaban J connectivity index is 2.24. The average molecular weight is 344 g/mol. The largest absolute Gasteiger partial charge is 0.480 e. The van der Waals surface area contributed by atoms with E-state index in [2.05, 4.69) is 21.2 Å². The summed E-state index contributed by atoms with van der Waals surface area (Å²) >= 11 is 3.17. The number of carboxylic acids is 1. The zero-order valence-electron chi connectivity index (χ0n) is 10.8. The zero-order chi connectivity index (χ0) is 14.8. The van der Waals surface area contributed by atoms with Crippen molar-refractivity contribution in [2.24, 2.45) is 0 Å². The van der Waals surface area contributed by atoms with E-state index in [1.54, 1.807) is 0 Å². The third-order valence-corrected chi connectivity index (χ3v) is 4.14. The molecule has 20 heavy (non-hydrogen) atoms. The van der Waals surface area contributed by atoms with Crippen LogP contribution in [0.3, 0.4) is 0 Å².